The second-order valence-electron chi connectivity index (χ2n) is 6.39. The Labute approximate surface area is 163 Å². The number of nitrogens with zero attached hydrogens (tertiary/aromatic N) is 3. The van der Waals surface area contributed by atoms with Crippen LogP contribution < -0.4 is 10.5 Å². The molecule has 6 heteroatoms. The summed E-state index contributed by atoms with van der Waals surface area (Å²) in [6, 6.07) is 19.5. The van der Waals surface area contributed by atoms with Crippen LogP contribution in [-0.2, 0) is 13.6 Å². The summed E-state index contributed by atoms with van der Waals surface area (Å²) >= 11 is 6.31. The molecule has 0 amide bonds. The molecule has 27 heavy (non-hydrogen) atoms. The third kappa shape index (κ3) is 4.76. The van der Waals surface area contributed by atoms with Gasteiger partial charge >= 0.3 is 0 Å². The molecule has 1 atom stereocenters. The van der Waals surface area contributed by atoms with Crippen LogP contribution in [0.5, 0.6) is 0 Å². The minimum absolute atomic E-state index is 0.137. The molecule has 0 aliphatic rings. The van der Waals surface area contributed by atoms with Crippen molar-refractivity contribution in [2.75, 3.05) is 11.4 Å². The average Bonchev–Trinajstić information content (AvgIpc) is 2.71. The van der Waals surface area contributed by atoms with Gasteiger partial charge in [0.15, 0.2) is 0 Å². The van der Waals surface area contributed by atoms with Crippen molar-refractivity contribution in [2.24, 2.45) is 7.05 Å². The van der Waals surface area contributed by atoms with Gasteiger partial charge in [-0.1, -0.05) is 72.3 Å². The Morgan fingerprint density at radius 2 is 1.74 bits per heavy atom. The minimum Gasteiger partial charge on any atom is -0.388 e. The maximum atomic E-state index is 12.2. The van der Waals surface area contributed by atoms with Crippen molar-refractivity contribution in [1.82, 2.24) is 9.78 Å². The van der Waals surface area contributed by atoms with E-state index < -0.39 is 6.10 Å². The van der Waals surface area contributed by atoms with Crippen LogP contribution in [0.1, 0.15) is 23.7 Å². The largest absolute Gasteiger partial charge is 0.388 e. The van der Waals surface area contributed by atoms with E-state index in [9.17, 15) is 9.90 Å². The van der Waals surface area contributed by atoms with Crippen LogP contribution in [0.3, 0.4) is 0 Å². The van der Waals surface area contributed by atoms with Gasteiger partial charge in [0.05, 0.1) is 18.0 Å². The van der Waals surface area contributed by atoms with E-state index in [2.05, 4.69) is 5.10 Å². The summed E-state index contributed by atoms with van der Waals surface area (Å²) in [6.45, 7) is 1.09. The fourth-order valence-corrected chi connectivity index (χ4v) is 3.22. The predicted molar refractivity (Wildman–Crippen MR) is 108 cm³/mol. The number of halogens is 1. The van der Waals surface area contributed by atoms with E-state index in [1.807, 2.05) is 65.6 Å². The Kier molecular flexibility index (Phi) is 6.27. The van der Waals surface area contributed by atoms with Gasteiger partial charge in [0.25, 0.3) is 5.56 Å². The third-order valence-electron chi connectivity index (χ3n) is 4.47. The molecule has 0 fully saturated rings. The van der Waals surface area contributed by atoms with E-state index >= 15 is 0 Å². The highest BCUT2D eigenvalue weighted by atomic mass is 35.5. The summed E-state index contributed by atoms with van der Waals surface area (Å²) in [6.07, 6.45) is 1.51. The van der Waals surface area contributed by atoms with Gasteiger partial charge in [-0.2, -0.15) is 5.10 Å². The Bertz CT molecular complexity index is 929. The second kappa shape index (κ2) is 8.84. The second-order valence-corrected chi connectivity index (χ2v) is 6.77. The van der Waals surface area contributed by atoms with Gasteiger partial charge < -0.3 is 10.0 Å². The number of anilines is 1. The summed E-state index contributed by atoms with van der Waals surface area (Å²) in [5, 5.41) is 14.7. The van der Waals surface area contributed by atoms with Crippen LogP contribution in [0.4, 0.5) is 5.69 Å². The van der Waals surface area contributed by atoms with Crippen molar-refractivity contribution in [3.63, 3.8) is 0 Å². The molecule has 3 aromatic rings. The van der Waals surface area contributed by atoms with Crippen molar-refractivity contribution in [3.8, 4) is 0 Å². The van der Waals surface area contributed by atoms with Gasteiger partial charge in [0.2, 0.25) is 0 Å². The average molecular weight is 384 g/mol. The molecule has 0 saturated heterocycles. The van der Waals surface area contributed by atoms with Crippen LogP contribution in [0.2, 0.25) is 5.02 Å². The molecule has 3 rings (SSSR count). The van der Waals surface area contributed by atoms with Crippen molar-refractivity contribution >= 4 is 17.3 Å². The standard InChI is InChI=1S/C21H22ClN3O2/c1-24-21(27)20(22)18(14-23-24)25(15-16-8-4-2-5-9-16)13-12-19(26)17-10-6-3-7-11-17/h2-11,14,19,26H,12-13,15H2,1H3. The monoisotopic (exact) mass is 383 g/mol. The van der Waals surface area contributed by atoms with Crippen LogP contribution in [0.25, 0.3) is 0 Å². The number of hydrogen-bond donors (Lipinski definition) is 1. The van der Waals surface area contributed by atoms with E-state index in [0.717, 1.165) is 11.1 Å². The normalized spacial score (nSPS) is 12.0. The van der Waals surface area contributed by atoms with Crippen molar-refractivity contribution in [1.29, 1.82) is 0 Å². The van der Waals surface area contributed by atoms with Crippen molar-refractivity contribution < 1.29 is 5.11 Å². The van der Waals surface area contributed by atoms with Crippen LogP contribution >= 0.6 is 11.6 Å². The highest BCUT2D eigenvalue weighted by Crippen LogP contribution is 2.25. The molecule has 0 radical (unpaired) electrons. The lowest BCUT2D eigenvalue weighted by molar-refractivity contribution is 0.169. The molecule has 1 aromatic heterocycles. The first-order valence-corrected chi connectivity index (χ1v) is 9.17. The highest BCUT2D eigenvalue weighted by Gasteiger charge is 2.17. The first-order chi connectivity index (χ1) is 13.1. The van der Waals surface area contributed by atoms with Gasteiger partial charge in [-0.15, -0.1) is 0 Å². The highest BCUT2D eigenvalue weighted by molar-refractivity contribution is 6.33. The zero-order valence-electron chi connectivity index (χ0n) is 15.1. The molecule has 1 N–H and O–H groups in total. The van der Waals surface area contributed by atoms with Gasteiger partial charge in [-0.05, 0) is 17.5 Å². The zero-order valence-corrected chi connectivity index (χ0v) is 15.9. The molecule has 0 saturated carbocycles. The molecule has 0 aliphatic heterocycles. The quantitative estimate of drug-likeness (QED) is 0.677. The summed E-state index contributed by atoms with van der Waals surface area (Å²) in [7, 11) is 1.57. The van der Waals surface area contributed by atoms with E-state index in [1.54, 1.807) is 13.2 Å². The fraction of sp³-hybridized carbons (Fsp3) is 0.238. The number of aliphatic hydroxyl groups is 1. The van der Waals surface area contributed by atoms with Gasteiger partial charge in [0, 0.05) is 20.1 Å². The first kappa shape index (κ1) is 19.1. The van der Waals surface area contributed by atoms with Gasteiger partial charge in [0.1, 0.15) is 5.02 Å². The van der Waals surface area contributed by atoms with Crippen molar-refractivity contribution in [2.45, 2.75) is 19.1 Å². The summed E-state index contributed by atoms with van der Waals surface area (Å²) in [5.74, 6) is 0. The Balaban J connectivity index is 1.84. The number of benzene rings is 2. The molecular weight excluding hydrogens is 362 g/mol. The van der Waals surface area contributed by atoms with Crippen molar-refractivity contribution in [3.05, 3.63) is 93.4 Å². The van der Waals surface area contributed by atoms with Crippen LogP contribution in [0, 0.1) is 0 Å². The fourth-order valence-electron chi connectivity index (χ4n) is 2.93. The molecule has 1 heterocycles. The number of aryl methyl sites for hydroxylation is 1. The minimum atomic E-state index is -0.595. The summed E-state index contributed by atoms with van der Waals surface area (Å²) in [4.78, 5) is 14.2. The van der Waals surface area contributed by atoms with Crippen LogP contribution in [0.15, 0.2) is 71.7 Å². The molecule has 2 aromatic carbocycles. The third-order valence-corrected chi connectivity index (χ3v) is 4.83. The summed E-state index contributed by atoms with van der Waals surface area (Å²) < 4.78 is 1.21. The predicted octanol–water partition coefficient (Wildman–Crippen LogP) is 3.56. The van der Waals surface area contributed by atoms with E-state index in [-0.39, 0.29) is 10.6 Å². The molecular formula is C21H22ClN3O2. The number of aromatic nitrogens is 2. The number of hydrogen-bond acceptors (Lipinski definition) is 4. The molecule has 5 nitrogen and oxygen atoms in total. The lowest BCUT2D eigenvalue weighted by Crippen LogP contribution is -2.29. The lowest BCUT2D eigenvalue weighted by Gasteiger charge is -2.26. The molecule has 0 spiro atoms. The van der Waals surface area contributed by atoms with Gasteiger partial charge in [-0.25, -0.2) is 4.68 Å². The Morgan fingerprint density at radius 1 is 1.11 bits per heavy atom. The molecule has 0 bridgehead atoms. The van der Waals surface area contributed by atoms with E-state index in [4.69, 9.17) is 11.6 Å². The zero-order chi connectivity index (χ0) is 19.2. The number of rotatable bonds is 7. The van der Waals surface area contributed by atoms with Crippen LogP contribution in [-0.4, -0.2) is 21.4 Å². The SMILES string of the molecule is Cn1ncc(N(CCC(O)c2ccccc2)Cc2ccccc2)c(Cl)c1=O. The van der Waals surface area contributed by atoms with Gasteiger partial charge in [-0.3, -0.25) is 4.79 Å². The topological polar surface area (TPSA) is 58.4 Å². The Morgan fingerprint density at radius 3 is 2.41 bits per heavy atom. The maximum absolute atomic E-state index is 12.2. The number of aliphatic hydroxyl groups excluding tert-OH is 1. The van der Waals surface area contributed by atoms with E-state index in [0.29, 0.717) is 25.2 Å². The molecule has 1 unspecified atom stereocenters. The Hall–Kier alpha value is -2.63. The van der Waals surface area contributed by atoms with E-state index in [1.165, 1.54) is 4.68 Å². The molecule has 140 valence electrons. The maximum Gasteiger partial charge on any atom is 0.287 e. The summed E-state index contributed by atoms with van der Waals surface area (Å²) in [5.41, 5.74) is 2.19. The first-order valence-electron chi connectivity index (χ1n) is 8.80. The smallest absolute Gasteiger partial charge is 0.287 e. The molecule has 0 aliphatic carbocycles. The lowest BCUT2D eigenvalue weighted by atomic mass is 10.1.